The van der Waals surface area contributed by atoms with Gasteiger partial charge >= 0.3 is 6.03 Å². The standard InChI is InChI=1S/C35H29Cl3N4O8/c1-49-18-6-3-16(4-7-18)35-22(31(45)42(33(35)47)40-25-10-5-17(36)13-23(25)37)14-21-19(28(35)15-11-24(38)29(43)26(12-15)50-2)8-9-20-27(21)32(46)41(30(20)44)34(39)48/h3-8,10-13,20-22,27-28,40,43H,9,14H2,1-2H3,(H2,39,48)/t20-,21+,22-,27-,28-,35+/m0/s1. The maximum Gasteiger partial charge on any atom is 0.328 e. The number of amides is 6. The van der Waals surface area contributed by atoms with E-state index in [0.717, 1.165) is 5.01 Å². The Kier molecular flexibility index (Phi) is 8.24. The van der Waals surface area contributed by atoms with Crippen molar-refractivity contribution in [2.24, 2.45) is 29.4 Å². The quantitative estimate of drug-likeness (QED) is 0.221. The molecule has 3 aromatic carbocycles. The number of nitrogens with zero attached hydrogens (tertiary/aromatic N) is 2. The van der Waals surface area contributed by atoms with E-state index in [1.807, 2.05) is 0 Å². The van der Waals surface area contributed by atoms with Crippen LogP contribution in [0.2, 0.25) is 15.1 Å². The number of benzene rings is 3. The smallest absolute Gasteiger partial charge is 0.328 e. The molecule has 50 heavy (non-hydrogen) atoms. The summed E-state index contributed by atoms with van der Waals surface area (Å²) in [5.74, 6) is -7.38. The van der Waals surface area contributed by atoms with Gasteiger partial charge in [-0.15, -0.1) is 0 Å². The Morgan fingerprint density at radius 3 is 2.28 bits per heavy atom. The van der Waals surface area contributed by atoms with Crippen LogP contribution in [0.5, 0.6) is 17.2 Å². The number of allylic oxidation sites excluding steroid dienone is 2. The monoisotopic (exact) mass is 738 g/mol. The summed E-state index contributed by atoms with van der Waals surface area (Å²) in [6, 6.07) is 13.1. The lowest BCUT2D eigenvalue weighted by Gasteiger charge is -2.50. The Morgan fingerprint density at radius 1 is 0.920 bits per heavy atom. The molecule has 258 valence electrons. The van der Waals surface area contributed by atoms with E-state index in [1.54, 1.807) is 36.4 Å². The molecule has 0 aromatic heterocycles. The van der Waals surface area contributed by atoms with Gasteiger partial charge in [-0.25, -0.2) is 4.79 Å². The molecule has 6 amide bonds. The van der Waals surface area contributed by atoms with Crippen molar-refractivity contribution < 1.29 is 38.6 Å². The van der Waals surface area contributed by atoms with Crippen molar-refractivity contribution in [1.82, 2.24) is 9.91 Å². The van der Waals surface area contributed by atoms with Gasteiger partial charge in [0.25, 0.3) is 11.8 Å². The van der Waals surface area contributed by atoms with Crippen LogP contribution in [-0.4, -0.2) is 58.9 Å². The summed E-state index contributed by atoms with van der Waals surface area (Å²) in [5.41, 5.74) is 8.38. The Labute approximate surface area is 300 Å². The van der Waals surface area contributed by atoms with Crippen LogP contribution in [0.25, 0.3) is 0 Å². The molecule has 6 atom stereocenters. The van der Waals surface area contributed by atoms with Crippen molar-refractivity contribution in [2.45, 2.75) is 24.2 Å². The third-order valence-corrected chi connectivity index (χ3v) is 11.2. The molecule has 12 nitrogen and oxygen atoms in total. The van der Waals surface area contributed by atoms with Crippen molar-refractivity contribution in [1.29, 1.82) is 0 Å². The molecule has 0 spiro atoms. The highest BCUT2D eigenvalue weighted by Crippen LogP contribution is 2.64. The minimum Gasteiger partial charge on any atom is -0.503 e. The van der Waals surface area contributed by atoms with E-state index in [1.165, 1.54) is 38.5 Å². The van der Waals surface area contributed by atoms with Gasteiger partial charge in [0, 0.05) is 10.9 Å². The highest BCUT2D eigenvalue weighted by atomic mass is 35.5. The molecule has 3 fully saturated rings. The van der Waals surface area contributed by atoms with E-state index in [9.17, 15) is 24.3 Å². The molecular formula is C35H29Cl3N4O8. The lowest BCUT2D eigenvalue weighted by molar-refractivity contribution is -0.139. The van der Waals surface area contributed by atoms with Crippen LogP contribution in [0.4, 0.5) is 10.5 Å². The highest BCUT2D eigenvalue weighted by Gasteiger charge is 2.70. The maximum atomic E-state index is 15.3. The number of carbonyl (C=O) groups excluding carboxylic acids is 5. The lowest BCUT2D eigenvalue weighted by atomic mass is 9.49. The third kappa shape index (κ3) is 4.76. The topological polar surface area (TPSA) is 169 Å². The number of likely N-dealkylation sites (tertiary alicyclic amines) is 1. The van der Waals surface area contributed by atoms with Gasteiger partial charge in [0.1, 0.15) is 5.75 Å². The first-order valence-electron chi connectivity index (χ1n) is 15.5. The predicted molar refractivity (Wildman–Crippen MR) is 182 cm³/mol. The number of methoxy groups -OCH3 is 2. The number of aromatic hydroxyl groups is 1. The normalized spacial score (nSPS) is 27.1. The Morgan fingerprint density at radius 2 is 1.64 bits per heavy atom. The number of phenolic OH excluding ortho intramolecular Hbond substituents is 1. The van der Waals surface area contributed by atoms with Crippen LogP contribution >= 0.6 is 34.8 Å². The number of anilines is 1. The number of fused-ring (bicyclic) bond motifs is 4. The number of phenols is 1. The molecule has 0 radical (unpaired) electrons. The first-order chi connectivity index (χ1) is 23.8. The molecule has 1 saturated carbocycles. The summed E-state index contributed by atoms with van der Waals surface area (Å²) >= 11 is 19.2. The number of nitrogens with two attached hydrogens (primary N) is 1. The highest BCUT2D eigenvalue weighted by molar-refractivity contribution is 6.36. The molecule has 4 N–H and O–H groups in total. The van der Waals surface area contributed by atoms with E-state index < -0.39 is 64.7 Å². The van der Waals surface area contributed by atoms with E-state index in [4.69, 9.17) is 50.0 Å². The predicted octanol–water partition coefficient (Wildman–Crippen LogP) is 5.43. The summed E-state index contributed by atoms with van der Waals surface area (Å²) in [6.07, 6.45) is 1.82. The van der Waals surface area contributed by atoms with Gasteiger partial charge in [-0.3, -0.25) is 24.6 Å². The average Bonchev–Trinajstić information content (AvgIpc) is 3.48. The first kappa shape index (κ1) is 33.7. The van der Waals surface area contributed by atoms with Crippen LogP contribution < -0.4 is 20.6 Å². The average molecular weight is 740 g/mol. The van der Waals surface area contributed by atoms with Gasteiger partial charge < -0.3 is 20.3 Å². The van der Waals surface area contributed by atoms with Gasteiger partial charge in [-0.05, 0) is 72.4 Å². The van der Waals surface area contributed by atoms with Crippen LogP contribution in [0.3, 0.4) is 0 Å². The molecular weight excluding hydrogens is 711 g/mol. The van der Waals surface area contributed by atoms with Crippen molar-refractivity contribution in [3.63, 3.8) is 0 Å². The van der Waals surface area contributed by atoms with Crippen molar-refractivity contribution in [3.05, 3.63) is 92.4 Å². The van der Waals surface area contributed by atoms with Crippen molar-refractivity contribution in [2.75, 3.05) is 19.6 Å². The van der Waals surface area contributed by atoms with Gasteiger partial charge in [0.05, 0.1) is 53.1 Å². The van der Waals surface area contributed by atoms with Gasteiger partial charge in [0.2, 0.25) is 11.8 Å². The van der Waals surface area contributed by atoms with Crippen LogP contribution in [0, 0.1) is 23.7 Å². The number of halogens is 3. The lowest BCUT2D eigenvalue weighted by Crippen LogP contribution is -2.53. The van der Waals surface area contributed by atoms with E-state index in [2.05, 4.69) is 5.43 Å². The van der Waals surface area contributed by atoms with Crippen molar-refractivity contribution >= 4 is 70.2 Å². The summed E-state index contributed by atoms with van der Waals surface area (Å²) < 4.78 is 10.9. The zero-order valence-electron chi connectivity index (χ0n) is 26.5. The van der Waals surface area contributed by atoms with E-state index in [-0.39, 0.29) is 40.1 Å². The number of urea groups is 1. The van der Waals surface area contributed by atoms with E-state index in [0.29, 0.717) is 32.4 Å². The number of carbonyl (C=O) groups is 5. The van der Waals surface area contributed by atoms with E-state index >= 15 is 4.79 Å². The Hall–Kier alpha value is -4.78. The molecule has 4 aliphatic rings. The second-order valence-electron chi connectivity index (χ2n) is 12.6. The van der Waals surface area contributed by atoms with Crippen LogP contribution in [0.15, 0.2) is 66.2 Å². The molecule has 15 heteroatoms. The van der Waals surface area contributed by atoms with Crippen molar-refractivity contribution in [3.8, 4) is 17.2 Å². The number of nitrogens with one attached hydrogen (secondary N) is 1. The minimum absolute atomic E-state index is 0.0112. The number of hydrogen-bond donors (Lipinski definition) is 3. The fraction of sp³-hybridized carbons (Fsp3) is 0.286. The molecule has 7 rings (SSSR count). The fourth-order valence-corrected chi connectivity index (χ4v) is 9.02. The molecule has 2 heterocycles. The fourth-order valence-electron chi connectivity index (χ4n) is 8.35. The summed E-state index contributed by atoms with van der Waals surface area (Å²) in [6.45, 7) is 0. The minimum atomic E-state index is -1.68. The van der Waals surface area contributed by atoms with Crippen LogP contribution in [-0.2, 0) is 24.6 Å². The largest absolute Gasteiger partial charge is 0.503 e. The summed E-state index contributed by atoms with van der Waals surface area (Å²) in [5, 5.41) is 12.0. The number of hydrogen-bond acceptors (Lipinski definition) is 9. The number of primary amides is 1. The molecule has 3 aromatic rings. The van der Waals surface area contributed by atoms with Crippen LogP contribution in [0.1, 0.15) is 29.9 Å². The number of hydrazine groups is 1. The zero-order valence-corrected chi connectivity index (χ0v) is 28.8. The van der Waals surface area contributed by atoms with Gasteiger partial charge in [0.15, 0.2) is 11.5 Å². The number of imide groups is 4. The summed E-state index contributed by atoms with van der Waals surface area (Å²) in [4.78, 5) is 69.9. The Balaban J connectivity index is 1.50. The second-order valence-corrected chi connectivity index (χ2v) is 13.9. The molecule has 0 unspecified atom stereocenters. The second kappa shape index (κ2) is 12.2. The Bertz CT molecular complexity index is 2040. The molecule has 2 saturated heterocycles. The SMILES string of the molecule is COc1ccc([C@@]23C(=O)N(Nc4ccc(Cl)cc4Cl)C(=O)[C@@H]2C[C@@H]2C(=CC[C@@H]4C(=O)N(C(N)=O)C(=O)[C@@H]42)[C@@H]3c2cc(Cl)c(O)c(OC)c2)cc1. The molecule has 2 aliphatic carbocycles. The number of ether oxygens (including phenoxy) is 2. The molecule has 2 aliphatic heterocycles. The maximum absolute atomic E-state index is 15.3. The van der Waals surface area contributed by atoms with Gasteiger partial charge in [-0.2, -0.15) is 9.91 Å². The third-order valence-electron chi connectivity index (χ3n) is 10.4. The first-order valence-corrected chi connectivity index (χ1v) is 16.7. The molecule has 0 bridgehead atoms. The number of rotatable bonds is 6. The summed E-state index contributed by atoms with van der Waals surface area (Å²) in [7, 11) is 2.84. The zero-order chi connectivity index (χ0) is 35.8. The van der Waals surface area contributed by atoms with Gasteiger partial charge in [-0.1, -0.05) is 58.6 Å².